The molecule has 2 aliphatic heterocycles. The summed E-state index contributed by atoms with van der Waals surface area (Å²) in [4.78, 5) is 1.38. The maximum absolute atomic E-state index is 6.16. The minimum atomic E-state index is 0.626. The van der Waals surface area contributed by atoms with Gasteiger partial charge in [-0.1, -0.05) is 30.3 Å². The predicted molar refractivity (Wildman–Crippen MR) is 104 cm³/mol. The van der Waals surface area contributed by atoms with E-state index in [9.17, 15) is 0 Å². The number of benzene rings is 2. The van der Waals surface area contributed by atoms with E-state index in [-0.39, 0.29) is 0 Å². The standard InChI is InChI=1S/C21H22N2OS/c1-2-4-15(5-3-1)14-24-16-12-18-17-6-8-22-9-7-19(17)23-10-11-25-20(13-16)21(18)23/h1-5,12-13,22H,6-11,14H2. The first-order valence-electron chi connectivity index (χ1n) is 9.08. The zero-order valence-corrected chi connectivity index (χ0v) is 15.1. The van der Waals surface area contributed by atoms with Crippen molar-refractivity contribution in [2.75, 3.05) is 18.8 Å². The lowest BCUT2D eigenvalue weighted by Crippen LogP contribution is -2.18. The maximum atomic E-state index is 6.16. The maximum Gasteiger partial charge on any atom is 0.121 e. The van der Waals surface area contributed by atoms with E-state index in [4.69, 9.17) is 4.74 Å². The van der Waals surface area contributed by atoms with Gasteiger partial charge in [-0.15, -0.1) is 11.8 Å². The Bertz CT molecular complexity index is 917. The quantitative estimate of drug-likeness (QED) is 0.773. The van der Waals surface area contributed by atoms with Gasteiger partial charge in [-0.3, -0.25) is 0 Å². The molecular formula is C21H22N2OS. The zero-order chi connectivity index (χ0) is 16.6. The first-order chi connectivity index (χ1) is 12.4. The number of hydrogen-bond acceptors (Lipinski definition) is 3. The fraction of sp³-hybridized carbons (Fsp3) is 0.333. The van der Waals surface area contributed by atoms with Crippen LogP contribution in [-0.2, 0) is 26.0 Å². The van der Waals surface area contributed by atoms with Crippen LogP contribution in [0.2, 0.25) is 0 Å². The Balaban J connectivity index is 1.57. The molecule has 0 saturated heterocycles. The molecule has 3 nitrogen and oxygen atoms in total. The summed E-state index contributed by atoms with van der Waals surface area (Å²) in [5.74, 6) is 2.15. The monoisotopic (exact) mass is 350 g/mol. The average molecular weight is 350 g/mol. The Morgan fingerprint density at radius 1 is 1.08 bits per heavy atom. The minimum Gasteiger partial charge on any atom is -0.489 e. The fourth-order valence-corrected chi connectivity index (χ4v) is 5.13. The van der Waals surface area contributed by atoms with Crippen molar-refractivity contribution in [3.8, 4) is 5.75 Å². The fourth-order valence-electron chi connectivity index (χ4n) is 4.08. The number of aromatic nitrogens is 1. The van der Waals surface area contributed by atoms with E-state index in [0.29, 0.717) is 6.61 Å². The molecule has 0 saturated carbocycles. The van der Waals surface area contributed by atoms with Gasteiger partial charge in [0, 0.05) is 41.2 Å². The Morgan fingerprint density at radius 3 is 2.88 bits per heavy atom. The number of hydrogen-bond donors (Lipinski definition) is 1. The molecule has 1 aromatic heterocycles. The van der Waals surface area contributed by atoms with Gasteiger partial charge in [0.2, 0.25) is 0 Å². The normalized spacial score (nSPS) is 16.5. The van der Waals surface area contributed by atoms with Crippen molar-refractivity contribution in [1.29, 1.82) is 0 Å². The molecule has 128 valence electrons. The van der Waals surface area contributed by atoms with Gasteiger partial charge in [-0.05, 0) is 36.2 Å². The van der Waals surface area contributed by atoms with Crippen molar-refractivity contribution in [2.45, 2.75) is 30.9 Å². The van der Waals surface area contributed by atoms with Gasteiger partial charge >= 0.3 is 0 Å². The third kappa shape index (κ3) is 2.74. The summed E-state index contributed by atoms with van der Waals surface area (Å²) in [5, 5.41) is 4.95. The highest BCUT2D eigenvalue weighted by molar-refractivity contribution is 7.99. The molecule has 0 aliphatic carbocycles. The summed E-state index contributed by atoms with van der Waals surface area (Å²) in [5.41, 5.74) is 5.73. The molecular weight excluding hydrogens is 328 g/mol. The average Bonchev–Trinajstić information content (AvgIpc) is 2.82. The molecule has 0 unspecified atom stereocenters. The summed E-state index contributed by atoms with van der Waals surface area (Å²) in [6.07, 6.45) is 2.25. The molecule has 3 heterocycles. The molecule has 0 radical (unpaired) electrons. The van der Waals surface area contributed by atoms with E-state index in [1.165, 1.54) is 26.9 Å². The Kier molecular flexibility index (Phi) is 3.95. The van der Waals surface area contributed by atoms with Crippen LogP contribution < -0.4 is 10.1 Å². The zero-order valence-electron chi connectivity index (χ0n) is 14.3. The highest BCUT2D eigenvalue weighted by Gasteiger charge is 2.24. The van der Waals surface area contributed by atoms with E-state index < -0.39 is 0 Å². The lowest BCUT2D eigenvalue weighted by molar-refractivity contribution is 0.306. The number of rotatable bonds is 3. The van der Waals surface area contributed by atoms with Crippen molar-refractivity contribution in [3.05, 3.63) is 59.3 Å². The number of fused-ring (bicyclic) bond motifs is 3. The Labute approximate surface area is 152 Å². The Hall–Kier alpha value is -1.91. The minimum absolute atomic E-state index is 0.626. The summed E-state index contributed by atoms with van der Waals surface area (Å²) < 4.78 is 8.73. The lowest BCUT2D eigenvalue weighted by Gasteiger charge is -2.18. The SMILES string of the molecule is c1ccc(COc2cc3c4c(c2)c2c(n4CCS3)CCNCC2)cc1. The molecule has 25 heavy (non-hydrogen) atoms. The second kappa shape index (κ2) is 6.43. The van der Waals surface area contributed by atoms with Gasteiger partial charge in [0.05, 0.1) is 5.52 Å². The molecule has 2 aromatic carbocycles. The van der Waals surface area contributed by atoms with E-state index in [1.807, 2.05) is 17.8 Å². The van der Waals surface area contributed by atoms with Gasteiger partial charge in [0.1, 0.15) is 12.4 Å². The number of thioether (sulfide) groups is 1. The van der Waals surface area contributed by atoms with Crippen LogP contribution >= 0.6 is 11.8 Å². The second-order valence-electron chi connectivity index (χ2n) is 6.77. The van der Waals surface area contributed by atoms with Gasteiger partial charge in [0.25, 0.3) is 0 Å². The van der Waals surface area contributed by atoms with Crippen molar-refractivity contribution >= 4 is 22.7 Å². The van der Waals surface area contributed by atoms with Crippen LogP contribution in [0.4, 0.5) is 0 Å². The molecule has 1 N–H and O–H groups in total. The van der Waals surface area contributed by atoms with Crippen LogP contribution in [0.3, 0.4) is 0 Å². The summed E-state index contributed by atoms with van der Waals surface area (Å²) >= 11 is 1.97. The van der Waals surface area contributed by atoms with Crippen molar-refractivity contribution < 1.29 is 4.74 Å². The van der Waals surface area contributed by atoms with Gasteiger partial charge in [0.15, 0.2) is 0 Å². The molecule has 3 aromatic rings. The van der Waals surface area contributed by atoms with Crippen LogP contribution in [0.15, 0.2) is 47.4 Å². The highest BCUT2D eigenvalue weighted by Crippen LogP contribution is 2.41. The van der Waals surface area contributed by atoms with E-state index in [0.717, 1.165) is 44.0 Å². The Morgan fingerprint density at radius 2 is 1.96 bits per heavy atom. The highest BCUT2D eigenvalue weighted by atomic mass is 32.2. The number of ether oxygens (including phenoxy) is 1. The van der Waals surface area contributed by atoms with Crippen molar-refractivity contribution in [3.63, 3.8) is 0 Å². The van der Waals surface area contributed by atoms with Crippen LogP contribution in [0, 0.1) is 0 Å². The van der Waals surface area contributed by atoms with E-state index >= 15 is 0 Å². The number of aryl methyl sites for hydroxylation is 1. The van der Waals surface area contributed by atoms with Crippen LogP contribution in [-0.4, -0.2) is 23.4 Å². The smallest absolute Gasteiger partial charge is 0.121 e. The van der Waals surface area contributed by atoms with E-state index in [1.54, 1.807) is 5.69 Å². The van der Waals surface area contributed by atoms with Crippen LogP contribution in [0.25, 0.3) is 10.9 Å². The van der Waals surface area contributed by atoms with Gasteiger partial charge in [-0.2, -0.15) is 0 Å². The molecule has 0 spiro atoms. The van der Waals surface area contributed by atoms with Crippen LogP contribution in [0.1, 0.15) is 16.8 Å². The first kappa shape index (κ1) is 15.4. The third-order valence-corrected chi connectivity index (χ3v) is 6.24. The summed E-state index contributed by atoms with van der Waals surface area (Å²) in [7, 11) is 0. The van der Waals surface area contributed by atoms with Crippen molar-refractivity contribution in [2.24, 2.45) is 0 Å². The van der Waals surface area contributed by atoms with Crippen LogP contribution in [0.5, 0.6) is 5.75 Å². The molecule has 0 amide bonds. The molecule has 4 heteroatoms. The summed E-state index contributed by atoms with van der Waals surface area (Å²) in [6.45, 7) is 3.92. The largest absolute Gasteiger partial charge is 0.489 e. The molecule has 5 rings (SSSR count). The molecule has 2 aliphatic rings. The predicted octanol–water partition coefficient (Wildman–Crippen LogP) is 4.01. The topological polar surface area (TPSA) is 26.2 Å². The second-order valence-corrected chi connectivity index (χ2v) is 7.90. The molecule has 0 atom stereocenters. The molecule has 0 bridgehead atoms. The van der Waals surface area contributed by atoms with E-state index in [2.05, 4.69) is 46.3 Å². The van der Waals surface area contributed by atoms with Gasteiger partial charge < -0.3 is 14.6 Å². The summed E-state index contributed by atoms with van der Waals surface area (Å²) in [6, 6.07) is 14.9. The third-order valence-electron chi connectivity index (χ3n) is 5.23. The van der Waals surface area contributed by atoms with Crippen molar-refractivity contribution in [1.82, 2.24) is 9.88 Å². The first-order valence-corrected chi connectivity index (χ1v) is 10.1. The number of nitrogens with zero attached hydrogens (tertiary/aromatic N) is 1. The molecule has 0 fully saturated rings. The van der Waals surface area contributed by atoms with Gasteiger partial charge in [-0.25, -0.2) is 0 Å². The number of nitrogens with one attached hydrogen (secondary N) is 1. The lowest BCUT2D eigenvalue weighted by atomic mass is 10.1.